The van der Waals surface area contributed by atoms with Gasteiger partial charge in [0.1, 0.15) is 39.5 Å². The smallest absolute Gasteiger partial charge is 0.871 e. The number of hydrogen-bond acceptors (Lipinski definition) is 17. The summed E-state index contributed by atoms with van der Waals surface area (Å²) in [5, 5.41) is 70.0. The summed E-state index contributed by atoms with van der Waals surface area (Å²) in [7, 11) is -4.64. The van der Waals surface area contributed by atoms with Crippen LogP contribution in [-0.4, -0.2) is 28.0 Å². The Morgan fingerprint density at radius 1 is 0.855 bits per heavy atom. The van der Waals surface area contributed by atoms with E-state index in [9.17, 15) is 28.4 Å². The van der Waals surface area contributed by atoms with Crippen LogP contribution in [0.3, 0.4) is 0 Å². The Kier molecular flexibility index (Phi) is 15.6. The predicted molar refractivity (Wildman–Crippen MR) is 183 cm³/mol. The molecule has 0 aliphatic rings. The number of hydrogen-bond donors (Lipinski definition) is 1. The molecule has 55 heavy (non-hydrogen) atoms. The molecule has 0 saturated heterocycles. The Hall–Kier alpha value is -6.79. The molecule has 0 fully saturated rings. The molecule has 1 N–H and O–H groups in total. The Balaban J connectivity index is 0.000000360. The fourth-order valence-electron chi connectivity index (χ4n) is 4.25. The number of nitrogens with zero attached hydrogens (tertiary/aromatic N) is 12. The summed E-state index contributed by atoms with van der Waals surface area (Å²) >= 11 is 0.732. The molecule has 2 heterocycles. The van der Waals surface area contributed by atoms with Gasteiger partial charge in [-0.15, -0.1) is 10.2 Å². The molecule has 20 nitrogen and oxygen atoms in total. The zero-order valence-electron chi connectivity index (χ0n) is 27.6. The zero-order chi connectivity index (χ0) is 37.4. The van der Waals surface area contributed by atoms with Gasteiger partial charge >= 0.3 is 16.5 Å². The monoisotopic (exact) mass is 819 g/mol. The number of imidazole rings is 2. The van der Waals surface area contributed by atoms with E-state index >= 15 is 0 Å². The fourth-order valence-corrected chi connectivity index (χ4v) is 5.16. The normalized spacial score (nSPS) is 10.6. The first-order chi connectivity index (χ1) is 25.0. The Morgan fingerprint density at radius 2 is 1.49 bits per heavy atom. The number of phenols is 1. The second kappa shape index (κ2) is 19.3. The molecule has 0 aliphatic carbocycles. The standard InChI is InChI=1S/2C15H7N6O4S.2CH3.Ni/c1-16-13-14(17-2)19-15(18-13)21-20-12-10-5-4-9(26(23,24)25)7-8(10)3-6-11(12)22;16-6-11-12(7-17)19-15(18-11)21-20-14-10-3-2-9(26-25-24-23)5-8(10)1-4-13(14)22;;;/h3-7H,(H2-,18,19,20,21,22,23,24,25);1-5H,(H2-,18,19,20,21,22,23);2*1H3;/q4*-1;+2/p-3. The first-order valence-electron chi connectivity index (χ1n) is 13.6. The van der Waals surface area contributed by atoms with Crippen molar-refractivity contribution in [1.82, 2.24) is 19.9 Å². The van der Waals surface area contributed by atoms with Crippen molar-refractivity contribution < 1.29 is 54.3 Å². The predicted octanol–water partition coefficient (Wildman–Crippen LogP) is 5.87. The van der Waals surface area contributed by atoms with Crippen LogP contribution in [0.4, 0.5) is 34.9 Å². The van der Waals surface area contributed by atoms with Crippen molar-refractivity contribution in [3.63, 3.8) is 0 Å². The second-order valence-corrected chi connectivity index (χ2v) is 11.7. The summed E-state index contributed by atoms with van der Waals surface area (Å²) in [6, 6.07) is 17.5. The number of nitriles is 2. The Bertz CT molecular complexity index is 2650. The van der Waals surface area contributed by atoms with Crippen LogP contribution < -0.4 is 20.3 Å². The van der Waals surface area contributed by atoms with Crippen molar-refractivity contribution in [2.45, 2.75) is 9.79 Å². The topological polar surface area (TPSA) is 302 Å². The summed E-state index contributed by atoms with van der Waals surface area (Å²) in [5.41, 5.74) is -0.255. The Morgan fingerprint density at radius 3 is 2.09 bits per heavy atom. The van der Waals surface area contributed by atoms with Crippen LogP contribution in [0.25, 0.3) is 31.2 Å². The molecule has 6 aromatic rings. The first kappa shape index (κ1) is 44.4. The van der Waals surface area contributed by atoms with Crippen LogP contribution in [-0.2, 0) is 36.0 Å². The minimum absolute atomic E-state index is 0. The van der Waals surface area contributed by atoms with Crippen molar-refractivity contribution in [2.24, 2.45) is 20.5 Å². The van der Waals surface area contributed by atoms with Gasteiger partial charge in [-0.3, -0.25) is 20.1 Å². The number of fused-ring (bicyclic) bond motifs is 2. The molecule has 0 spiro atoms. The van der Waals surface area contributed by atoms with Crippen LogP contribution in [0, 0.1) is 50.7 Å². The van der Waals surface area contributed by atoms with Crippen molar-refractivity contribution in [3.05, 3.63) is 110 Å². The van der Waals surface area contributed by atoms with Gasteiger partial charge < -0.3 is 54.5 Å². The van der Waals surface area contributed by atoms with E-state index in [-0.39, 0.29) is 88.8 Å². The van der Waals surface area contributed by atoms with Crippen molar-refractivity contribution in [3.8, 4) is 23.6 Å². The average Bonchev–Trinajstić information content (AvgIpc) is 3.75. The van der Waals surface area contributed by atoms with E-state index in [0.717, 1.165) is 30.2 Å². The van der Waals surface area contributed by atoms with E-state index in [0.29, 0.717) is 21.1 Å². The fraction of sp³-hybridized carbons (Fsp3) is 0. The van der Waals surface area contributed by atoms with Gasteiger partial charge in [-0.2, -0.15) is 14.9 Å². The van der Waals surface area contributed by atoms with Gasteiger partial charge in [0.15, 0.2) is 0 Å². The molecular weight excluding hydrogens is 803 g/mol. The van der Waals surface area contributed by atoms with Gasteiger partial charge in [0.2, 0.25) is 5.95 Å². The number of azo groups is 2. The summed E-state index contributed by atoms with van der Waals surface area (Å²) in [6.07, 6.45) is 0. The number of aromatic nitrogens is 4. The van der Waals surface area contributed by atoms with E-state index in [2.05, 4.69) is 59.5 Å². The number of aromatic hydroxyl groups is 1. The van der Waals surface area contributed by atoms with Gasteiger partial charge in [-0.1, -0.05) is 42.7 Å². The molecule has 6 rings (SSSR count). The Labute approximate surface area is 325 Å². The molecule has 0 radical (unpaired) electrons. The molecule has 2 aromatic heterocycles. The molecule has 23 heteroatoms. The zero-order valence-corrected chi connectivity index (χ0v) is 30.2. The van der Waals surface area contributed by atoms with E-state index < -0.39 is 20.8 Å². The van der Waals surface area contributed by atoms with E-state index in [1.165, 1.54) is 18.2 Å². The molecule has 0 bridgehead atoms. The van der Waals surface area contributed by atoms with Crippen LogP contribution >= 0.6 is 12.0 Å². The maximum Gasteiger partial charge on any atom is 2.00 e. The van der Waals surface area contributed by atoms with Crippen LogP contribution in [0.2, 0.25) is 0 Å². The molecule has 0 amide bonds. The largest absolute Gasteiger partial charge is 2.00 e. The summed E-state index contributed by atoms with van der Waals surface area (Å²) in [4.78, 5) is 21.2. The maximum atomic E-state index is 12.0. The van der Waals surface area contributed by atoms with Crippen molar-refractivity contribution in [2.75, 3.05) is 0 Å². The molecule has 0 atom stereocenters. The van der Waals surface area contributed by atoms with Crippen molar-refractivity contribution in [1.29, 1.82) is 10.5 Å². The molecular formula is C32H17N12NiO8S2-5. The average molecular weight is 820 g/mol. The number of benzene rings is 4. The van der Waals surface area contributed by atoms with Gasteiger partial charge in [-0.25, -0.2) is 20.1 Å². The minimum atomic E-state index is -4.64. The van der Waals surface area contributed by atoms with Crippen LogP contribution in [0.1, 0.15) is 11.4 Å². The van der Waals surface area contributed by atoms with Gasteiger partial charge in [0.25, 0.3) is 0 Å². The SMILES string of the molecule is N#Cc1nc(N=Nc2c(O)ccc3cc(SOO[O-])ccc23)[n-]c1C#N.[C-]#[N+]c1nc(N=Nc2c([O-])ccc3cc(S(=O)(=O)[O-])ccc23)[n-]c1[N+]#[C-].[CH3-].[CH3-].[Ni+2]. The van der Waals surface area contributed by atoms with E-state index in [1.54, 1.807) is 36.4 Å². The van der Waals surface area contributed by atoms with Gasteiger partial charge in [0.05, 0.1) is 39.8 Å². The van der Waals surface area contributed by atoms with Gasteiger partial charge in [-0.05, 0) is 41.1 Å². The minimum Gasteiger partial charge on any atom is -0.871 e. The molecule has 0 saturated carbocycles. The van der Waals surface area contributed by atoms with Gasteiger partial charge in [0, 0.05) is 21.6 Å². The third-order valence-corrected chi connectivity index (χ3v) is 7.88. The summed E-state index contributed by atoms with van der Waals surface area (Å²) in [6.45, 7) is 13.8. The molecule has 4 aromatic carbocycles. The number of phenolic OH excluding ortho intramolecular Hbond substituents is 1. The van der Waals surface area contributed by atoms with E-state index in [1.807, 2.05) is 0 Å². The summed E-state index contributed by atoms with van der Waals surface area (Å²) < 4.78 is 37.6. The molecule has 0 aliphatic heterocycles. The molecule has 280 valence electrons. The van der Waals surface area contributed by atoms with Crippen molar-refractivity contribution >= 4 is 78.6 Å². The number of rotatable bonds is 8. The third-order valence-electron chi connectivity index (χ3n) is 6.48. The maximum absolute atomic E-state index is 12.0. The summed E-state index contributed by atoms with van der Waals surface area (Å²) in [5.74, 6) is -1.49. The second-order valence-electron chi connectivity index (χ2n) is 9.52. The first-order valence-corrected chi connectivity index (χ1v) is 15.7. The van der Waals surface area contributed by atoms with Crippen LogP contribution in [0.5, 0.6) is 11.5 Å². The quantitative estimate of drug-likeness (QED) is 0.0357. The third kappa shape index (κ3) is 10.2. The van der Waals surface area contributed by atoms with Crippen LogP contribution in [0.15, 0.2) is 90.9 Å². The molecule has 0 unspecified atom stereocenters. The van der Waals surface area contributed by atoms with E-state index in [4.69, 9.17) is 23.7 Å².